The van der Waals surface area contributed by atoms with Crippen molar-refractivity contribution in [2.75, 3.05) is 0 Å². The number of pyridine rings is 1. The highest BCUT2D eigenvalue weighted by Gasteiger charge is 2.02. The molecule has 19 heavy (non-hydrogen) atoms. The van der Waals surface area contributed by atoms with Crippen LogP contribution in [0.3, 0.4) is 0 Å². The summed E-state index contributed by atoms with van der Waals surface area (Å²) in [6.45, 7) is 3.71. The van der Waals surface area contributed by atoms with Crippen LogP contribution in [0.1, 0.15) is 15.4 Å². The van der Waals surface area contributed by atoms with Crippen molar-refractivity contribution in [1.82, 2.24) is 15.3 Å². The summed E-state index contributed by atoms with van der Waals surface area (Å²) in [5.74, 6) is 0. The Morgan fingerprint density at radius 1 is 1.11 bits per heavy atom. The highest BCUT2D eigenvalue weighted by atomic mass is 32.1. The van der Waals surface area contributed by atoms with Crippen LogP contribution >= 0.6 is 11.3 Å². The molecule has 0 spiro atoms. The molecule has 0 aliphatic heterocycles. The van der Waals surface area contributed by atoms with Crippen LogP contribution in [-0.4, -0.2) is 9.97 Å². The molecule has 1 N–H and O–H groups in total. The Morgan fingerprint density at radius 3 is 2.84 bits per heavy atom. The molecule has 0 amide bonds. The Hall–Kier alpha value is -1.78. The topological polar surface area (TPSA) is 37.8 Å². The molecule has 0 bridgehead atoms. The van der Waals surface area contributed by atoms with E-state index in [0.29, 0.717) is 0 Å². The first-order valence-corrected chi connectivity index (χ1v) is 7.08. The van der Waals surface area contributed by atoms with E-state index in [2.05, 4.69) is 33.5 Å². The second-order valence-electron chi connectivity index (χ2n) is 4.47. The van der Waals surface area contributed by atoms with Crippen molar-refractivity contribution in [3.8, 4) is 0 Å². The number of aryl methyl sites for hydroxylation is 1. The molecular weight excluding hydrogens is 254 g/mol. The van der Waals surface area contributed by atoms with E-state index in [9.17, 15) is 0 Å². The molecule has 96 valence electrons. The van der Waals surface area contributed by atoms with Crippen molar-refractivity contribution >= 4 is 22.1 Å². The monoisotopic (exact) mass is 269 g/mol. The van der Waals surface area contributed by atoms with E-state index in [1.54, 1.807) is 11.3 Å². The van der Waals surface area contributed by atoms with Crippen LogP contribution in [0.15, 0.2) is 42.9 Å². The summed E-state index contributed by atoms with van der Waals surface area (Å²) in [6.07, 6.45) is 5.78. The van der Waals surface area contributed by atoms with E-state index in [4.69, 9.17) is 0 Å². The molecule has 0 fully saturated rings. The number of nitrogens with zero attached hydrogens (tertiary/aromatic N) is 2. The number of benzene rings is 1. The Kier molecular flexibility index (Phi) is 3.53. The average Bonchev–Trinajstić information content (AvgIpc) is 2.85. The van der Waals surface area contributed by atoms with E-state index in [1.165, 1.54) is 21.2 Å². The maximum absolute atomic E-state index is 4.29. The number of hydrogen-bond donors (Lipinski definition) is 1. The van der Waals surface area contributed by atoms with E-state index in [-0.39, 0.29) is 0 Å². The molecule has 0 aliphatic rings. The van der Waals surface area contributed by atoms with Crippen molar-refractivity contribution < 1.29 is 0 Å². The zero-order valence-corrected chi connectivity index (χ0v) is 11.6. The predicted octanol–water partition coefficient (Wildman–Crippen LogP) is 3.29. The summed E-state index contributed by atoms with van der Waals surface area (Å²) in [6, 6.07) is 8.35. The summed E-state index contributed by atoms with van der Waals surface area (Å²) in [7, 11) is 0. The number of nitrogens with one attached hydrogen (secondary N) is 1. The lowest BCUT2D eigenvalue weighted by molar-refractivity contribution is 0.701. The van der Waals surface area contributed by atoms with Gasteiger partial charge in [0.25, 0.3) is 0 Å². The predicted molar refractivity (Wildman–Crippen MR) is 79.1 cm³/mol. The molecular formula is C15H15N3S. The van der Waals surface area contributed by atoms with Gasteiger partial charge in [-0.2, -0.15) is 0 Å². The molecule has 0 unspecified atom stereocenters. The van der Waals surface area contributed by atoms with E-state index in [0.717, 1.165) is 18.1 Å². The first kappa shape index (κ1) is 12.3. The molecule has 3 nitrogen and oxygen atoms in total. The van der Waals surface area contributed by atoms with Crippen LogP contribution in [0, 0.1) is 6.92 Å². The Labute approximate surface area is 116 Å². The van der Waals surface area contributed by atoms with Gasteiger partial charge in [0.05, 0.1) is 5.01 Å². The van der Waals surface area contributed by atoms with Gasteiger partial charge in [0, 0.05) is 41.9 Å². The molecule has 0 atom stereocenters. The first-order chi connectivity index (χ1) is 9.33. The molecule has 0 saturated heterocycles. The Bertz CT molecular complexity index is 685. The van der Waals surface area contributed by atoms with Gasteiger partial charge in [-0.1, -0.05) is 24.3 Å². The number of thiazole rings is 1. The van der Waals surface area contributed by atoms with Gasteiger partial charge in [-0.3, -0.25) is 4.98 Å². The standard InChI is InChI=1S/C15H15N3S/c1-11-18-10-14(19-11)9-17-8-13-7-16-6-12-4-2-3-5-15(12)13/h2-7,10,17H,8-9H2,1H3. The summed E-state index contributed by atoms with van der Waals surface area (Å²) in [4.78, 5) is 9.82. The van der Waals surface area contributed by atoms with Crippen LogP contribution in [0.2, 0.25) is 0 Å². The lowest BCUT2D eigenvalue weighted by atomic mass is 10.1. The Morgan fingerprint density at radius 2 is 2.00 bits per heavy atom. The largest absolute Gasteiger partial charge is 0.308 e. The van der Waals surface area contributed by atoms with Crippen LogP contribution in [0.4, 0.5) is 0 Å². The number of rotatable bonds is 4. The summed E-state index contributed by atoms with van der Waals surface area (Å²) < 4.78 is 0. The van der Waals surface area contributed by atoms with Crippen molar-refractivity contribution in [3.63, 3.8) is 0 Å². The smallest absolute Gasteiger partial charge is 0.0897 e. The minimum absolute atomic E-state index is 0.825. The van der Waals surface area contributed by atoms with Gasteiger partial charge < -0.3 is 5.32 Å². The lowest BCUT2D eigenvalue weighted by Crippen LogP contribution is -2.12. The second-order valence-corrected chi connectivity index (χ2v) is 5.79. The third-order valence-electron chi connectivity index (χ3n) is 3.03. The minimum atomic E-state index is 0.825. The zero-order chi connectivity index (χ0) is 13.1. The Balaban J connectivity index is 1.71. The highest BCUT2D eigenvalue weighted by molar-refractivity contribution is 7.11. The first-order valence-electron chi connectivity index (χ1n) is 6.26. The van der Waals surface area contributed by atoms with Gasteiger partial charge >= 0.3 is 0 Å². The van der Waals surface area contributed by atoms with Gasteiger partial charge in [-0.15, -0.1) is 11.3 Å². The third kappa shape index (κ3) is 2.80. The third-order valence-corrected chi connectivity index (χ3v) is 3.95. The molecule has 2 heterocycles. The number of hydrogen-bond acceptors (Lipinski definition) is 4. The summed E-state index contributed by atoms with van der Waals surface area (Å²) >= 11 is 1.74. The van der Waals surface area contributed by atoms with Crippen molar-refractivity contribution in [2.45, 2.75) is 20.0 Å². The second kappa shape index (κ2) is 5.47. The van der Waals surface area contributed by atoms with Crippen LogP contribution in [-0.2, 0) is 13.1 Å². The fourth-order valence-corrected chi connectivity index (χ4v) is 2.89. The molecule has 1 aromatic carbocycles. The molecule has 0 radical (unpaired) electrons. The molecule has 0 saturated carbocycles. The maximum Gasteiger partial charge on any atom is 0.0897 e. The summed E-state index contributed by atoms with van der Waals surface area (Å²) in [5.41, 5.74) is 1.24. The van der Waals surface area contributed by atoms with Gasteiger partial charge in [0.1, 0.15) is 0 Å². The van der Waals surface area contributed by atoms with Crippen molar-refractivity contribution in [2.24, 2.45) is 0 Å². The highest BCUT2D eigenvalue weighted by Crippen LogP contribution is 2.17. The van der Waals surface area contributed by atoms with E-state index in [1.807, 2.05) is 31.6 Å². The average molecular weight is 269 g/mol. The van der Waals surface area contributed by atoms with Crippen LogP contribution in [0.25, 0.3) is 10.8 Å². The van der Waals surface area contributed by atoms with E-state index >= 15 is 0 Å². The minimum Gasteiger partial charge on any atom is -0.308 e. The quantitative estimate of drug-likeness (QED) is 0.789. The van der Waals surface area contributed by atoms with E-state index < -0.39 is 0 Å². The summed E-state index contributed by atoms with van der Waals surface area (Å²) in [5, 5.41) is 7.03. The van der Waals surface area contributed by atoms with Gasteiger partial charge in [-0.25, -0.2) is 4.98 Å². The molecule has 2 aromatic heterocycles. The van der Waals surface area contributed by atoms with Gasteiger partial charge in [-0.05, 0) is 17.9 Å². The fraction of sp³-hybridized carbons (Fsp3) is 0.200. The maximum atomic E-state index is 4.29. The number of fused-ring (bicyclic) bond motifs is 1. The molecule has 4 heteroatoms. The normalized spacial score (nSPS) is 11.0. The van der Waals surface area contributed by atoms with Gasteiger partial charge in [0.15, 0.2) is 0 Å². The fourth-order valence-electron chi connectivity index (χ4n) is 2.13. The lowest BCUT2D eigenvalue weighted by Gasteiger charge is -2.06. The van der Waals surface area contributed by atoms with Crippen LogP contribution in [0.5, 0.6) is 0 Å². The van der Waals surface area contributed by atoms with Crippen molar-refractivity contribution in [3.05, 3.63) is 58.3 Å². The number of aromatic nitrogens is 2. The molecule has 3 rings (SSSR count). The molecule has 3 aromatic rings. The molecule has 0 aliphatic carbocycles. The van der Waals surface area contributed by atoms with Crippen molar-refractivity contribution in [1.29, 1.82) is 0 Å². The van der Waals surface area contributed by atoms with Gasteiger partial charge in [0.2, 0.25) is 0 Å². The SMILES string of the molecule is Cc1ncc(CNCc2cncc3ccccc23)s1. The van der Waals surface area contributed by atoms with Crippen LogP contribution < -0.4 is 5.32 Å². The zero-order valence-electron chi connectivity index (χ0n) is 10.8.